The first kappa shape index (κ1) is 14.1. The number of imidazole rings is 1. The maximum atomic E-state index is 12.4. The molecule has 1 aliphatic heterocycles. The van der Waals surface area contributed by atoms with E-state index < -0.39 is 0 Å². The number of amides is 1. The molecule has 0 unspecified atom stereocenters. The van der Waals surface area contributed by atoms with Crippen molar-refractivity contribution in [1.82, 2.24) is 14.9 Å². The van der Waals surface area contributed by atoms with Gasteiger partial charge in [0.15, 0.2) is 0 Å². The van der Waals surface area contributed by atoms with E-state index in [4.69, 9.17) is 0 Å². The number of rotatable bonds is 4. The molecule has 3 rings (SSSR count). The molecule has 0 spiro atoms. The van der Waals surface area contributed by atoms with Gasteiger partial charge in [-0.15, -0.1) is 0 Å². The summed E-state index contributed by atoms with van der Waals surface area (Å²) in [5, 5.41) is 0. The molecule has 4 nitrogen and oxygen atoms in total. The lowest BCUT2D eigenvalue weighted by atomic mass is 9.99. The summed E-state index contributed by atoms with van der Waals surface area (Å²) in [4.78, 5) is 22.4. The Bertz CT molecular complexity index is 586. The van der Waals surface area contributed by atoms with Crippen LogP contribution >= 0.6 is 0 Å². The molecule has 0 aliphatic carbocycles. The van der Waals surface area contributed by atoms with Crippen molar-refractivity contribution < 1.29 is 4.79 Å². The molecule has 2 aromatic rings. The molecule has 21 heavy (non-hydrogen) atoms. The summed E-state index contributed by atoms with van der Waals surface area (Å²) in [5.41, 5.74) is 2.02. The Kier molecular flexibility index (Phi) is 4.23. The van der Waals surface area contributed by atoms with Gasteiger partial charge in [0, 0.05) is 25.4 Å². The second-order valence-electron chi connectivity index (χ2n) is 5.85. The number of nitrogens with one attached hydrogen (secondary N) is 1. The van der Waals surface area contributed by atoms with E-state index in [2.05, 4.69) is 21.8 Å². The normalized spacial score (nSPS) is 19.1. The largest absolute Gasteiger partial charge is 0.342 e. The third kappa shape index (κ3) is 3.09. The number of aryl methyl sites for hydroxylation is 1. The van der Waals surface area contributed by atoms with Crippen LogP contribution in [0.2, 0.25) is 0 Å². The summed E-state index contributed by atoms with van der Waals surface area (Å²) in [6.07, 6.45) is 5.87. The van der Waals surface area contributed by atoms with Gasteiger partial charge >= 0.3 is 0 Å². The molecule has 0 bridgehead atoms. The van der Waals surface area contributed by atoms with Crippen LogP contribution in [0.5, 0.6) is 0 Å². The van der Waals surface area contributed by atoms with Crippen molar-refractivity contribution in [1.29, 1.82) is 0 Å². The minimum atomic E-state index is 0.280. The predicted octanol–water partition coefficient (Wildman–Crippen LogP) is 3.29. The zero-order valence-electron chi connectivity index (χ0n) is 12.6. The van der Waals surface area contributed by atoms with Crippen LogP contribution in [0.3, 0.4) is 0 Å². The fourth-order valence-electron chi connectivity index (χ4n) is 3.25. The van der Waals surface area contributed by atoms with E-state index >= 15 is 0 Å². The molecule has 1 aromatic carbocycles. The van der Waals surface area contributed by atoms with Crippen molar-refractivity contribution >= 4 is 16.9 Å². The van der Waals surface area contributed by atoms with Crippen LogP contribution in [0.4, 0.5) is 0 Å². The summed E-state index contributed by atoms with van der Waals surface area (Å²) in [7, 11) is 0. The standard InChI is InChI=1S/C17H23N3O/c1-2-13-7-5-6-12-20(13)17(21)11-10-16-18-14-8-3-4-9-15(14)19-16/h3-4,8-9,13H,2,5-7,10-12H2,1H3,(H,18,19)/t13-/m1/s1. The van der Waals surface area contributed by atoms with Crippen molar-refractivity contribution in [3.63, 3.8) is 0 Å². The SMILES string of the molecule is CC[C@@H]1CCCCN1C(=O)CCc1nc2ccccc2[nH]1. The Hall–Kier alpha value is -1.84. The number of likely N-dealkylation sites (tertiary alicyclic amines) is 1. The Morgan fingerprint density at radius 1 is 1.38 bits per heavy atom. The highest BCUT2D eigenvalue weighted by molar-refractivity contribution is 5.77. The summed E-state index contributed by atoms with van der Waals surface area (Å²) in [5.74, 6) is 1.19. The Labute approximate surface area is 125 Å². The third-order valence-electron chi connectivity index (χ3n) is 4.43. The molecule has 1 N–H and O–H groups in total. The molecule has 2 heterocycles. The molecule has 1 atom stereocenters. The lowest BCUT2D eigenvalue weighted by molar-refractivity contribution is -0.134. The van der Waals surface area contributed by atoms with E-state index in [-0.39, 0.29) is 5.91 Å². The Morgan fingerprint density at radius 3 is 3.05 bits per heavy atom. The third-order valence-corrected chi connectivity index (χ3v) is 4.43. The summed E-state index contributed by atoms with van der Waals surface area (Å²) in [6.45, 7) is 3.10. The van der Waals surface area contributed by atoms with Gasteiger partial charge in [-0.3, -0.25) is 4.79 Å². The number of hydrogen-bond acceptors (Lipinski definition) is 2. The average Bonchev–Trinajstić information content (AvgIpc) is 2.95. The first-order valence-electron chi connectivity index (χ1n) is 8.01. The number of aromatic nitrogens is 2. The van der Waals surface area contributed by atoms with Gasteiger partial charge in [0.05, 0.1) is 11.0 Å². The number of hydrogen-bond donors (Lipinski definition) is 1. The van der Waals surface area contributed by atoms with Gasteiger partial charge < -0.3 is 9.88 Å². The quantitative estimate of drug-likeness (QED) is 0.937. The monoisotopic (exact) mass is 285 g/mol. The van der Waals surface area contributed by atoms with Crippen molar-refractivity contribution in [3.05, 3.63) is 30.1 Å². The Morgan fingerprint density at radius 2 is 2.24 bits per heavy atom. The minimum absolute atomic E-state index is 0.280. The fourth-order valence-corrected chi connectivity index (χ4v) is 3.25. The first-order chi connectivity index (χ1) is 10.3. The van der Waals surface area contributed by atoms with Gasteiger partial charge in [0.25, 0.3) is 0 Å². The lowest BCUT2D eigenvalue weighted by Gasteiger charge is -2.35. The van der Waals surface area contributed by atoms with Gasteiger partial charge in [-0.05, 0) is 37.8 Å². The molecule has 1 fully saturated rings. The fraction of sp³-hybridized carbons (Fsp3) is 0.529. The Balaban J connectivity index is 1.62. The zero-order valence-corrected chi connectivity index (χ0v) is 12.6. The first-order valence-corrected chi connectivity index (χ1v) is 8.01. The van der Waals surface area contributed by atoms with Crippen LogP contribution < -0.4 is 0 Å². The molecular formula is C17H23N3O. The highest BCUT2D eigenvalue weighted by atomic mass is 16.2. The van der Waals surface area contributed by atoms with E-state index in [1.807, 2.05) is 24.3 Å². The van der Waals surface area contributed by atoms with Crippen LogP contribution in [-0.4, -0.2) is 33.4 Å². The van der Waals surface area contributed by atoms with Crippen molar-refractivity contribution in [2.24, 2.45) is 0 Å². The van der Waals surface area contributed by atoms with Crippen LogP contribution in [0.1, 0.15) is 44.9 Å². The number of fused-ring (bicyclic) bond motifs is 1. The lowest BCUT2D eigenvalue weighted by Crippen LogP contribution is -2.43. The topological polar surface area (TPSA) is 49.0 Å². The van der Waals surface area contributed by atoms with Gasteiger partial charge in [0.1, 0.15) is 5.82 Å². The number of piperidine rings is 1. The van der Waals surface area contributed by atoms with E-state index in [0.29, 0.717) is 18.9 Å². The van der Waals surface area contributed by atoms with Gasteiger partial charge in [-0.2, -0.15) is 0 Å². The molecule has 1 saturated heterocycles. The predicted molar refractivity (Wildman–Crippen MR) is 84.1 cm³/mol. The van der Waals surface area contributed by atoms with E-state index in [9.17, 15) is 4.79 Å². The number of benzene rings is 1. The highest BCUT2D eigenvalue weighted by Crippen LogP contribution is 2.21. The number of nitrogens with zero attached hydrogens (tertiary/aromatic N) is 2. The number of H-pyrrole nitrogens is 1. The molecule has 1 amide bonds. The summed E-state index contributed by atoms with van der Waals surface area (Å²) < 4.78 is 0. The van der Waals surface area contributed by atoms with E-state index in [1.54, 1.807) is 0 Å². The maximum absolute atomic E-state index is 12.4. The number of carbonyl (C=O) groups excluding carboxylic acids is 1. The zero-order chi connectivity index (χ0) is 14.7. The number of aromatic amines is 1. The van der Waals surface area contributed by atoms with Gasteiger partial charge in [0.2, 0.25) is 5.91 Å². The highest BCUT2D eigenvalue weighted by Gasteiger charge is 2.24. The summed E-state index contributed by atoms with van der Waals surface area (Å²) >= 11 is 0. The van der Waals surface area contributed by atoms with Crippen molar-refractivity contribution in [2.75, 3.05) is 6.54 Å². The average molecular weight is 285 g/mol. The molecule has 1 aromatic heterocycles. The van der Waals surface area contributed by atoms with Crippen LogP contribution in [0.25, 0.3) is 11.0 Å². The number of para-hydroxylation sites is 2. The molecule has 1 aliphatic rings. The molecule has 4 heteroatoms. The van der Waals surface area contributed by atoms with E-state index in [1.165, 1.54) is 6.42 Å². The molecule has 0 saturated carbocycles. The molecular weight excluding hydrogens is 262 g/mol. The molecule has 112 valence electrons. The van der Waals surface area contributed by atoms with Gasteiger partial charge in [-0.25, -0.2) is 4.98 Å². The molecule has 0 radical (unpaired) electrons. The second kappa shape index (κ2) is 6.29. The van der Waals surface area contributed by atoms with Crippen LogP contribution in [0, 0.1) is 0 Å². The summed E-state index contributed by atoms with van der Waals surface area (Å²) in [6, 6.07) is 8.44. The minimum Gasteiger partial charge on any atom is -0.342 e. The smallest absolute Gasteiger partial charge is 0.223 e. The van der Waals surface area contributed by atoms with Crippen molar-refractivity contribution in [3.8, 4) is 0 Å². The van der Waals surface area contributed by atoms with Crippen LogP contribution in [0.15, 0.2) is 24.3 Å². The second-order valence-corrected chi connectivity index (χ2v) is 5.85. The van der Waals surface area contributed by atoms with Gasteiger partial charge in [-0.1, -0.05) is 19.1 Å². The number of carbonyl (C=O) groups is 1. The van der Waals surface area contributed by atoms with Crippen LogP contribution in [-0.2, 0) is 11.2 Å². The van der Waals surface area contributed by atoms with Crippen molar-refractivity contribution in [2.45, 2.75) is 51.5 Å². The van der Waals surface area contributed by atoms with E-state index in [0.717, 1.165) is 42.7 Å². The maximum Gasteiger partial charge on any atom is 0.223 e.